The van der Waals surface area contributed by atoms with Crippen molar-refractivity contribution in [2.75, 3.05) is 37.7 Å². The Morgan fingerprint density at radius 3 is 2.94 bits per heavy atom. The van der Waals surface area contributed by atoms with Crippen LogP contribution >= 0.6 is 11.8 Å². The van der Waals surface area contributed by atoms with Crippen LogP contribution in [-0.2, 0) is 9.53 Å². The van der Waals surface area contributed by atoms with E-state index in [1.165, 1.54) is 12.8 Å². The Labute approximate surface area is 107 Å². The van der Waals surface area contributed by atoms with Gasteiger partial charge < -0.3 is 15.4 Å². The van der Waals surface area contributed by atoms with Gasteiger partial charge in [-0.15, -0.1) is 11.8 Å². The lowest BCUT2D eigenvalue weighted by Gasteiger charge is -2.27. The highest BCUT2D eigenvalue weighted by molar-refractivity contribution is 7.99. The molecule has 0 aromatic carbocycles. The molecule has 0 spiro atoms. The van der Waals surface area contributed by atoms with Crippen LogP contribution in [0.1, 0.15) is 19.3 Å². The Hall–Kier alpha value is -0.260. The van der Waals surface area contributed by atoms with E-state index in [-0.39, 0.29) is 5.91 Å². The van der Waals surface area contributed by atoms with Crippen LogP contribution in [0.2, 0.25) is 0 Å². The third kappa shape index (κ3) is 4.85. The number of carbonyl (C=O) groups excluding carboxylic acids is 1. The molecule has 2 aliphatic rings. The van der Waals surface area contributed by atoms with Crippen molar-refractivity contribution in [1.82, 2.24) is 10.6 Å². The second-order valence-corrected chi connectivity index (χ2v) is 5.86. The van der Waals surface area contributed by atoms with E-state index >= 15 is 0 Å². The highest BCUT2D eigenvalue weighted by atomic mass is 32.2. The molecular formula is C12H22N2O2S. The van der Waals surface area contributed by atoms with Crippen LogP contribution in [0.3, 0.4) is 0 Å². The normalized spacial score (nSPS) is 25.3. The van der Waals surface area contributed by atoms with E-state index in [2.05, 4.69) is 10.6 Å². The quantitative estimate of drug-likeness (QED) is 0.733. The maximum absolute atomic E-state index is 11.5. The molecule has 4 nitrogen and oxygen atoms in total. The average Bonchev–Trinajstić information content (AvgIpc) is 2.28. The molecule has 2 aliphatic heterocycles. The minimum atomic E-state index is 0.165. The number of nitrogens with one attached hydrogen (secondary N) is 2. The van der Waals surface area contributed by atoms with Gasteiger partial charge in [0.15, 0.2) is 0 Å². The van der Waals surface area contributed by atoms with E-state index < -0.39 is 0 Å². The summed E-state index contributed by atoms with van der Waals surface area (Å²) in [4.78, 5) is 11.5. The molecule has 0 aliphatic carbocycles. The lowest BCUT2D eigenvalue weighted by atomic mass is 10.0. The van der Waals surface area contributed by atoms with Crippen LogP contribution in [0.15, 0.2) is 0 Å². The van der Waals surface area contributed by atoms with E-state index in [1.807, 2.05) is 0 Å². The predicted molar refractivity (Wildman–Crippen MR) is 70.3 cm³/mol. The monoisotopic (exact) mass is 258 g/mol. The van der Waals surface area contributed by atoms with E-state index in [4.69, 9.17) is 4.74 Å². The maximum atomic E-state index is 11.5. The summed E-state index contributed by atoms with van der Waals surface area (Å²) in [5.41, 5.74) is 0. The second kappa shape index (κ2) is 7.24. The fourth-order valence-electron chi connectivity index (χ4n) is 2.02. The van der Waals surface area contributed by atoms with Crippen LogP contribution < -0.4 is 10.6 Å². The Bertz CT molecular complexity index is 241. The Morgan fingerprint density at radius 1 is 1.41 bits per heavy atom. The van der Waals surface area contributed by atoms with Crippen molar-refractivity contribution in [2.24, 2.45) is 5.92 Å². The molecule has 1 amide bonds. The number of hydrogen-bond donors (Lipinski definition) is 2. The number of rotatable bonds is 6. The van der Waals surface area contributed by atoms with Gasteiger partial charge in [-0.25, -0.2) is 0 Å². The SMILES string of the molecule is O=C(CSCC1CCCCO1)NCC1CNC1. The zero-order valence-electron chi connectivity index (χ0n) is 10.2. The lowest BCUT2D eigenvalue weighted by Crippen LogP contribution is -2.48. The number of hydrogen-bond acceptors (Lipinski definition) is 4. The van der Waals surface area contributed by atoms with Crippen molar-refractivity contribution in [3.63, 3.8) is 0 Å². The van der Waals surface area contributed by atoms with Gasteiger partial charge in [-0.2, -0.15) is 0 Å². The Balaban J connectivity index is 1.47. The summed E-state index contributed by atoms with van der Waals surface area (Å²) in [5, 5.41) is 6.18. The third-order valence-corrected chi connectivity index (χ3v) is 4.34. The molecule has 0 saturated carbocycles. The molecule has 2 heterocycles. The predicted octanol–water partition coefficient (Wildman–Crippen LogP) is 0.624. The van der Waals surface area contributed by atoms with Crippen LogP contribution in [0.4, 0.5) is 0 Å². The van der Waals surface area contributed by atoms with Crippen molar-refractivity contribution in [2.45, 2.75) is 25.4 Å². The first kappa shape index (κ1) is 13.2. The van der Waals surface area contributed by atoms with Gasteiger partial charge in [-0.3, -0.25) is 4.79 Å². The van der Waals surface area contributed by atoms with Crippen LogP contribution in [0.25, 0.3) is 0 Å². The van der Waals surface area contributed by atoms with Crippen LogP contribution in [-0.4, -0.2) is 49.8 Å². The van der Waals surface area contributed by atoms with Crippen molar-refractivity contribution in [3.8, 4) is 0 Å². The summed E-state index contributed by atoms with van der Waals surface area (Å²) >= 11 is 1.69. The van der Waals surface area contributed by atoms with E-state index in [1.54, 1.807) is 11.8 Å². The first-order valence-corrected chi connectivity index (χ1v) is 7.67. The topological polar surface area (TPSA) is 50.4 Å². The van der Waals surface area contributed by atoms with Gasteiger partial charge in [-0.1, -0.05) is 0 Å². The van der Waals surface area contributed by atoms with Crippen molar-refractivity contribution in [1.29, 1.82) is 0 Å². The Morgan fingerprint density at radius 2 is 2.29 bits per heavy atom. The molecule has 1 unspecified atom stereocenters. The molecule has 5 heteroatoms. The van der Waals surface area contributed by atoms with Crippen LogP contribution in [0, 0.1) is 5.92 Å². The summed E-state index contributed by atoms with van der Waals surface area (Å²) in [7, 11) is 0. The fraction of sp³-hybridized carbons (Fsp3) is 0.917. The maximum Gasteiger partial charge on any atom is 0.230 e. The zero-order valence-corrected chi connectivity index (χ0v) is 11.1. The number of carbonyl (C=O) groups is 1. The van der Waals surface area contributed by atoms with Gasteiger partial charge in [0.25, 0.3) is 0 Å². The van der Waals surface area contributed by atoms with E-state index in [9.17, 15) is 4.79 Å². The summed E-state index contributed by atoms with van der Waals surface area (Å²) in [6.45, 7) is 3.81. The molecule has 2 saturated heterocycles. The summed E-state index contributed by atoms with van der Waals surface area (Å²) in [6.07, 6.45) is 3.99. The molecule has 17 heavy (non-hydrogen) atoms. The van der Waals surface area contributed by atoms with Crippen molar-refractivity contribution < 1.29 is 9.53 Å². The molecule has 0 radical (unpaired) electrons. The third-order valence-electron chi connectivity index (χ3n) is 3.26. The molecule has 2 rings (SSSR count). The minimum absolute atomic E-state index is 0.165. The molecule has 2 fully saturated rings. The van der Waals surface area contributed by atoms with E-state index in [0.29, 0.717) is 17.8 Å². The van der Waals surface area contributed by atoms with Gasteiger partial charge in [0.2, 0.25) is 5.91 Å². The van der Waals surface area contributed by atoms with Crippen LogP contribution in [0.5, 0.6) is 0 Å². The molecule has 98 valence electrons. The molecular weight excluding hydrogens is 236 g/mol. The number of thioether (sulfide) groups is 1. The zero-order chi connectivity index (χ0) is 11.9. The highest BCUT2D eigenvalue weighted by Crippen LogP contribution is 2.16. The molecule has 0 aromatic heterocycles. The van der Waals surface area contributed by atoms with Crippen molar-refractivity contribution in [3.05, 3.63) is 0 Å². The summed E-state index contributed by atoms with van der Waals surface area (Å²) < 4.78 is 5.62. The highest BCUT2D eigenvalue weighted by Gasteiger charge is 2.17. The number of amides is 1. The molecule has 0 aromatic rings. The van der Waals surface area contributed by atoms with Crippen molar-refractivity contribution >= 4 is 17.7 Å². The molecule has 0 bridgehead atoms. The Kier molecular flexibility index (Phi) is 5.61. The second-order valence-electron chi connectivity index (χ2n) is 4.83. The first-order chi connectivity index (χ1) is 8.34. The van der Waals surface area contributed by atoms with Gasteiger partial charge in [0.05, 0.1) is 11.9 Å². The molecule has 2 N–H and O–H groups in total. The van der Waals surface area contributed by atoms with Gasteiger partial charge in [0, 0.05) is 37.9 Å². The van der Waals surface area contributed by atoms with E-state index in [0.717, 1.165) is 38.4 Å². The molecule has 1 atom stereocenters. The summed E-state index contributed by atoms with van der Waals surface area (Å²) in [6, 6.07) is 0. The smallest absolute Gasteiger partial charge is 0.230 e. The minimum Gasteiger partial charge on any atom is -0.377 e. The average molecular weight is 258 g/mol. The van der Waals surface area contributed by atoms with Gasteiger partial charge >= 0.3 is 0 Å². The largest absolute Gasteiger partial charge is 0.377 e. The van der Waals surface area contributed by atoms with Gasteiger partial charge in [-0.05, 0) is 19.3 Å². The van der Waals surface area contributed by atoms with Gasteiger partial charge in [0.1, 0.15) is 0 Å². The first-order valence-electron chi connectivity index (χ1n) is 6.51. The summed E-state index contributed by atoms with van der Waals surface area (Å²) in [5.74, 6) is 2.33. The number of ether oxygens (including phenoxy) is 1. The lowest BCUT2D eigenvalue weighted by molar-refractivity contribution is -0.118. The standard InChI is InChI=1S/C12H22N2O2S/c15-12(14-7-10-5-13-6-10)9-17-8-11-3-1-2-4-16-11/h10-11,13H,1-9H2,(H,14,15). The fourth-order valence-corrected chi connectivity index (χ4v) is 2.96.